The molecule has 2 unspecified atom stereocenters. The quantitative estimate of drug-likeness (QED) is 0.584. The van der Waals surface area contributed by atoms with Crippen LogP contribution in [0.25, 0.3) is 0 Å². The number of hydrogen-bond donors (Lipinski definition) is 0. The molecule has 0 bridgehead atoms. The highest BCUT2D eigenvalue weighted by Crippen LogP contribution is 2.46. The minimum atomic E-state index is 0.632. The average Bonchev–Trinajstić information content (AvgIpc) is 2.57. The summed E-state index contributed by atoms with van der Waals surface area (Å²) in [6.45, 7) is 11.2. The summed E-state index contributed by atoms with van der Waals surface area (Å²) < 4.78 is 0. The molecule has 1 saturated heterocycles. The fourth-order valence-electron chi connectivity index (χ4n) is 2.00. The van der Waals surface area contributed by atoms with Crippen LogP contribution < -0.4 is 0 Å². The highest BCUT2D eigenvalue weighted by molar-refractivity contribution is 5.07. The summed E-state index contributed by atoms with van der Waals surface area (Å²) in [5.41, 5.74) is 1.34. The van der Waals surface area contributed by atoms with Gasteiger partial charge in [-0.3, -0.25) is 0 Å². The molecule has 1 heterocycles. The normalized spacial score (nSPS) is 34.3. The molecule has 0 amide bonds. The molecule has 0 aromatic rings. The topological polar surface area (TPSA) is 3.24 Å². The number of rotatable bonds is 2. The van der Waals surface area contributed by atoms with Crippen molar-refractivity contribution in [3.8, 4) is 0 Å². The summed E-state index contributed by atoms with van der Waals surface area (Å²) in [5, 5.41) is 0. The molecule has 11 heavy (non-hydrogen) atoms. The van der Waals surface area contributed by atoms with E-state index in [1.807, 2.05) is 0 Å². The van der Waals surface area contributed by atoms with E-state index < -0.39 is 0 Å². The first kappa shape index (κ1) is 7.20. The second-order valence-electron chi connectivity index (χ2n) is 4.31. The molecule has 0 N–H and O–H groups in total. The maximum Gasteiger partial charge on any atom is 0.0206 e. The molecule has 2 fully saturated rings. The van der Waals surface area contributed by atoms with Gasteiger partial charge in [-0.05, 0) is 24.2 Å². The van der Waals surface area contributed by atoms with Crippen LogP contribution in [0.3, 0.4) is 0 Å². The van der Waals surface area contributed by atoms with Crippen molar-refractivity contribution in [2.45, 2.75) is 20.3 Å². The Hall–Kier alpha value is -0.460. The third kappa shape index (κ3) is 1.17. The summed E-state index contributed by atoms with van der Waals surface area (Å²) in [6.07, 6.45) is 1.49. The predicted molar refractivity (Wildman–Crippen MR) is 47.1 cm³/mol. The van der Waals surface area contributed by atoms with Gasteiger partial charge in [0, 0.05) is 18.8 Å². The van der Waals surface area contributed by atoms with Gasteiger partial charge in [0.1, 0.15) is 0 Å². The van der Waals surface area contributed by atoms with Gasteiger partial charge in [-0.15, -0.1) is 0 Å². The van der Waals surface area contributed by atoms with Crippen molar-refractivity contribution in [1.29, 1.82) is 0 Å². The van der Waals surface area contributed by atoms with E-state index in [0.29, 0.717) is 5.92 Å². The molecule has 2 atom stereocenters. The summed E-state index contributed by atoms with van der Waals surface area (Å²) in [7, 11) is 0. The third-order valence-corrected chi connectivity index (χ3v) is 3.05. The van der Waals surface area contributed by atoms with Crippen molar-refractivity contribution in [3.05, 3.63) is 12.3 Å². The Labute approximate surface area is 69.1 Å². The van der Waals surface area contributed by atoms with Crippen molar-refractivity contribution in [1.82, 2.24) is 4.90 Å². The Balaban J connectivity index is 1.92. The number of fused-ring (bicyclic) bond motifs is 1. The van der Waals surface area contributed by atoms with E-state index in [4.69, 9.17) is 0 Å². The second kappa shape index (κ2) is 2.26. The summed E-state index contributed by atoms with van der Waals surface area (Å²) in [5.74, 6) is 2.70. The molecule has 1 heteroatoms. The molecule has 0 aromatic carbocycles. The second-order valence-corrected chi connectivity index (χ2v) is 4.31. The smallest absolute Gasteiger partial charge is 0.0206 e. The molecule has 1 saturated carbocycles. The zero-order valence-corrected chi connectivity index (χ0v) is 7.51. The maximum atomic E-state index is 4.12. The SMILES string of the molecule is C=C(C(C)C)N1CC2CC2C1. The summed E-state index contributed by atoms with van der Waals surface area (Å²) in [6, 6.07) is 0. The van der Waals surface area contributed by atoms with Gasteiger partial charge in [-0.25, -0.2) is 0 Å². The van der Waals surface area contributed by atoms with Gasteiger partial charge in [0.25, 0.3) is 0 Å². The van der Waals surface area contributed by atoms with E-state index in [9.17, 15) is 0 Å². The lowest BCUT2D eigenvalue weighted by Gasteiger charge is -2.25. The van der Waals surface area contributed by atoms with Gasteiger partial charge in [-0.2, -0.15) is 0 Å². The molecule has 1 aliphatic carbocycles. The lowest BCUT2D eigenvalue weighted by atomic mass is 10.1. The van der Waals surface area contributed by atoms with Crippen LogP contribution in [0.5, 0.6) is 0 Å². The van der Waals surface area contributed by atoms with Crippen molar-refractivity contribution in [2.75, 3.05) is 13.1 Å². The van der Waals surface area contributed by atoms with Crippen molar-refractivity contribution in [3.63, 3.8) is 0 Å². The minimum absolute atomic E-state index is 0.632. The van der Waals surface area contributed by atoms with Gasteiger partial charge in [0.15, 0.2) is 0 Å². The zero-order chi connectivity index (χ0) is 8.01. The molecule has 62 valence electrons. The number of hydrogen-bond acceptors (Lipinski definition) is 1. The van der Waals surface area contributed by atoms with E-state index in [-0.39, 0.29) is 0 Å². The van der Waals surface area contributed by atoms with E-state index in [2.05, 4.69) is 25.3 Å². The number of likely N-dealkylation sites (tertiary alicyclic amines) is 1. The van der Waals surface area contributed by atoms with Crippen LogP contribution in [0, 0.1) is 17.8 Å². The van der Waals surface area contributed by atoms with Crippen LogP contribution in [-0.4, -0.2) is 18.0 Å². The number of piperidine rings is 1. The molecule has 0 radical (unpaired) electrons. The van der Waals surface area contributed by atoms with Gasteiger partial charge in [0.2, 0.25) is 0 Å². The summed E-state index contributed by atoms with van der Waals surface area (Å²) >= 11 is 0. The zero-order valence-electron chi connectivity index (χ0n) is 7.51. The van der Waals surface area contributed by atoms with Gasteiger partial charge < -0.3 is 4.90 Å². The standard InChI is InChI=1S/C10H17N/c1-7(2)8(3)11-5-9-4-10(9)6-11/h7,9-10H,3-6H2,1-2H3. The predicted octanol–water partition coefficient (Wildman–Crippen LogP) is 2.11. The van der Waals surface area contributed by atoms with E-state index in [1.165, 1.54) is 25.2 Å². The van der Waals surface area contributed by atoms with Gasteiger partial charge >= 0.3 is 0 Å². The Bertz CT molecular complexity index is 173. The summed E-state index contributed by atoms with van der Waals surface area (Å²) in [4.78, 5) is 2.48. The minimum Gasteiger partial charge on any atom is -0.375 e. The van der Waals surface area contributed by atoms with Crippen LogP contribution in [0.2, 0.25) is 0 Å². The molecule has 1 nitrogen and oxygen atoms in total. The van der Waals surface area contributed by atoms with Crippen molar-refractivity contribution < 1.29 is 0 Å². The Kier molecular flexibility index (Phi) is 1.48. The Morgan fingerprint density at radius 2 is 1.91 bits per heavy atom. The lowest BCUT2D eigenvalue weighted by Crippen LogP contribution is -2.24. The fourth-order valence-corrected chi connectivity index (χ4v) is 2.00. The molecular weight excluding hydrogens is 134 g/mol. The number of allylic oxidation sites excluding steroid dienone is 1. The first-order chi connectivity index (χ1) is 5.18. The maximum absolute atomic E-state index is 4.12. The van der Waals surface area contributed by atoms with Crippen LogP contribution in [0.15, 0.2) is 12.3 Å². The molecule has 0 spiro atoms. The van der Waals surface area contributed by atoms with E-state index >= 15 is 0 Å². The monoisotopic (exact) mass is 151 g/mol. The highest BCUT2D eigenvalue weighted by Gasteiger charge is 2.45. The number of nitrogens with zero attached hydrogens (tertiary/aromatic N) is 1. The third-order valence-electron chi connectivity index (χ3n) is 3.05. The van der Waals surface area contributed by atoms with E-state index in [0.717, 1.165) is 11.8 Å². The molecular formula is C10H17N. The van der Waals surface area contributed by atoms with Crippen LogP contribution in [0.1, 0.15) is 20.3 Å². The lowest BCUT2D eigenvalue weighted by molar-refractivity contribution is 0.346. The Morgan fingerprint density at radius 3 is 2.36 bits per heavy atom. The highest BCUT2D eigenvalue weighted by atomic mass is 15.2. The van der Waals surface area contributed by atoms with Gasteiger partial charge in [0.05, 0.1) is 0 Å². The van der Waals surface area contributed by atoms with Gasteiger partial charge in [-0.1, -0.05) is 20.4 Å². The molecule has 2 rings (SSSR count). The van der Waals surface area contributed by atoms with E-state index in [1.54, 1.807) is 0 Å². The molecule has 2 aliphatic rings. The fraction of sp³-hybridized carbons (Fsp3) is 0.800. The first-order valence-electron chi connectivity index (χ1n) is 4.62. The Morgan fingerprint density at radius 1 is 1.36 bits per heavy atom. The average molecular weight is 151 g/mol. The van der Waals surface area contributed by atoms with Crippen LogP contribution in [-0.2, 0) is 0 Å². The van der Waals surface area contributed by atoms with Crippen LogP contribution in [0.4, 0.5) is 0 Å². The van der Waals surface area contributed by atoms with Crippen LogP contribution >= 0.6 is 0 Å². The molecule has 0 aromatic heterocycles. The largest absolute Gasteiger partial charge is 0.375 e. The van der Waals surface area contributed by atoms with Crippen molar-refractivity contribution >= 4 is 0 Å². The van der Waals surface area contributed by atoms with Crippen molar-refractivity contribution in [2.24, 2.45) is 17.8 Å². The first-order valence-corrected chi connectivity index (χ1v) is 4.62. The molecule has 1 aliphatic heterocycles.